The predicted octanol–water partition coefficient (Wildman–Crippen LogP) is 2.36. The number of carbonyl (C=O) groups is 1. The first-order valence-corrected chi connectivity index (χ1v) is 8.09. The van der Waals surface area contributed by atoms with Crippen LogP contribution in [0.3, 0.4) is 0 Å². The summed E-state index contributed by atoms with van der Waals surface area (Å²) in [6.07, 6.45) is 8.23. The van der Waals surface area contributed by atoms with Crippen molar-refractivity contribution >= 4 is 5.97 Å². The number of esters is 1. The molecule has 0 bridgehead atoms. The van der Waals surface area contributed by atoms with Crippen molar-refractivity contribution in [1.29, 1.82) is 0 Å². The van der Waals surface area contributed by atoms with Crippen LogP contribution >= 0.6 is 0 Å². The molecule has 5 nitrogen and oxygen atoms in total. The Balaban J connectivity index is 1.66. The summed E-state index contributed by atoms with van der Waals surface area (Å²) < 4.78 is 5.14. The van der Waals surface area contributed by atoms with Crippen molar-refractivity contribution < 1.29 is 9.53 Å². The number of ether oxygens (including phenoxy) is 1. The molecule has 1 aliphatic carbocycles. The molecule has 2 N–H and O–H groups in total. The zero-order valence-corrected chi connectivity index (χ0v) is 13.2. The summed E-state index contributed by atoms with van der Waals surface area (Å²) in [6.45, 7) is 5.40. The minimum Gasteiger partial charge on any atom is -0.466 e. The molecule has 1 heterocycles. The number of H-pyrrole nitrogens is 1. The van der Waals surface area contributed by atoms with Crippen LogP contribution in [-0.2, 0) is 16.0 Å². The van der Waals surface area contributed by atoms with Gasteiger partial charge in [0.2, 0.25) is 0 Å². The van der Waals surface area contributed by atoms with E-state index in [0.717, 1.165) is 44.3 Å². The summed E-state index contributed by atoms with van der Waals surface area (Å²) in [5, 5.41) is 10.6. The first-order valence-electron chi connectivity index (χ1n) is 8.09. The fraction of sp³-hybridized carbons (Fsp3) is 0.750. The number of hydrogen-bond donors (Lipinski definition) is 2. The second-order valence-electron chi connectivity index (χ2n) is 5.89. The average Bonchev–Trinajstić information content (AvgIpc) is 2.90. The molecule has 1 aliphatic rings. The molecule has 2 rings (SSSR count). The van der Waals surface area contributed by atoms with Gasteiger partial charge in [-0.1, -0.05) is 6.42 Å². The van der Waals surface area contributed by atoms with Crippen molar-refractivity contribution in [2.75, 3.05) is 13.2 Å². The van der Waals surface area contributed by atoms with Crippen molar-refractivity contribution in [2.45, 2.75) is 58.4 Å². The lowest BCUT2D eigenvalue weighted by atomic mass is 9.85. The quantitative estimate of drug-likeness (QED) is 0.598. The standard InChI is InChI=1S/C16H27N3O2/c1-3-21-16(20)13-6-4-8-15(10-13)17-9-5-7-14-11-18-19-12(14)2/h11,13,15,17H,3-10H2,1-2H3,(H,18,19). The van der Waals surface area contributed by atoms with Gasteiger partial charge >= 0.3 is 5.97 Å². The van der Waals surface area contributed by atoms with Crippen LogP contribution in [0.5, 0.6) is 0 Å². The monoisotopic (exact) mass is 293 g/mol. The molecular weight excluding hydrogens is 266 g/mol. The fourth-order valence-corrected chi connectivity index (χ4v) is 3.06. The highest BCUT2D eigenvalue weighted by molar-refractivity contribution is 5.72. The van der Waals surface area contributed by atoms with Crippen molar-refractivity contribution in [3.8, 4) is 0 Å². The molecule has 1 aromatic rings. The summed E-state index contributed by atoms with van der Waals surface area (Å²) in [5.41, 5.74) is 2.46. The Morgan fingerprint density at radius 2 is 2.38 bits per heavy atom. The number of carbonyl (C=O) groups excluding carboxylic acids is 1. The van der Waals surface area contributed by atoms with Gasteiger partial charge in [-0.3, -0.25) is 9.89 Å². The molecule has 2 atom stereocenters. The van der Waals surface area contributed by atoms with Gasteiger partial charge in [0.15, 0.2) is 0 Å². The van der Waals surface area contributed by atoms with Crippen LogP contribution in [0.4, 0.5) is 0 Å². The highest BCUT2D eigenvalue weighted by atomic mass is 16.5. The SMILES string of the molecule is CCOC(=O)C1CCCC(NCCCc2cn[nH]c2C)C1. The van der Waals surface area contributed by atoms with E-state index in [9.17, 15) is 4.79 Å². The number of nitrogens with zero attached hydrogens (tertiary/aromatic N) is 1. The Morgan fingerprint density at radius 1 is 1.52 bits per heavy atom. The van der Waals surface area contributed by atoms with Gasteiger partial charge in [-0.15, -0.1) is 0 Å². The first-order chi connectivity index (χ1) is 10.2. The van der Waals surface area contributed by atoms with Crippen LogP contribution < -0.4 is 5.32 Å². The van der Waals surface area contributed by atoms with E-state index < -0.39 is 0 Å². The van der Waals surface area contributed by atoms with E-state index in [4.69, 9.17) is 4.74 Å². The van der Waals surface area contributed by atoms with E-state index in [0.29, 0.717) is 12.6 Å². The Kier molecular flexibility index (Phi) is 6.23. The van der Waals surface area contributed by atoms with Gasteiger partial charge in [0.1, 0.15) is 0 Å². The summed E-state index contributed by atoms with van der Waals surface area (Å²) in [7, 11) is 0. The summed E-state index contributed by atoms with van der Waals surface area (Å²) in [6, 6.07) is 0.457. The van der Waals surface area contributed by atoms with Crippen LogP contribution in [0.1, 0.15) is 50.3 Å². The minimum absolute atomic E-state index is 0.0157. The Labute approximate surface area is 126 Å². The third kappa shape index (κ3) is 4.84. The molecular formula is C16H27N3O2. The lowest BCUT2D eigenvalue weighted by molar-refractivity contribution is -0.149. The molecule has 2 unspecified atom stereocenters. The van der Waals surface area contributed by atoms with Crippen LogP contribution in [0.15, 0.2) is 6.20 Å². The van der Waals surface area contributed by atoms with E-state index >= 15 is 0 Å². The molecule has 1 saturated carbocycles. The molecule has 1 fully saturated rings. The molecule has 1 aromatic heterocycles. The van der Waals surface area contributed by atoms with Gasteiger partial charge in [0, 0.05) is 11.7 Å². The second-order valence-corrected chi connectivity index (χ2v) is 5.89. The van der Waals surface area contributed by atoms with Gasteiger partial charge in [0.05, 0.1) is 18.7 Å². The molecule has 0 aromatic carbocycles. The number of aromatic amines is 1. The summed E-state index contributed by atoms with van der Waals surface area (Å²) >= 11 is 0. The molecule has 0 radical (unpaired) electrons. The van der Waals surface area contributed by atoms with E-state index in [1.165, 1.54) is 12.0 Å². The van der Waals surface area contributed by atoms with E-state index in [1.54, 1.807) is 0 Å². The normalized spacial score (nSPS) is 22.2. The number of rotatable bonds is 7. The van der Waals surface area contributed by atoms with Gasteiger partial charge in [-0.2, -0.15) is 5.10 Å². The van der Waals surface area contributed by atoms with E-state index in [1.807, 2.05) is 13.1 Å². The van der Waals surface area contributed by atoms with Gasteiger partial charge in [-0.25, -0.2) is 0 Å². The van der Waals surface area contributed by atoms with Crippen LogP contribution in [0.25, 0.3) is 0 Å². The second kappa shape index (κ2) is 8.17. The van der Waals surface area contributed by atoms with E-state index in [-0.39, 0.29) is 11.9 Å². The average molecular weight is 293 g/mol. The molecule has 5 heteroatoms. The number of aryl methyl sites for hydroxylation is 2. The predicted molar refractivity (Wildman–Crippen MR) is 82.0 cm³/mol. The first kappa shape index (κ1) is 16.0. The number of aromatic nitrogens is 2. The molecule has 0 saturated heterocycles. The fourth-order valence-electron chi connectivity index (χ4n) is 3.06. The maximum atomic E-state index is 11.8. The molecule has 21 heavy (non-hydrogen) atoms. The Morgan fingerprint density at radius 3 is 3.10 bits per heavy atom. The molecule has 0 spiro atoms. The Bertz CT molecular complexity index is 444. The zero-order valence-electron chi connectivity index (χ0n) is 13.2. The largest absolute Gasteiger partial charge is 0.466 e. The molecule has 0 aliphatic heterocycles. The van der Waals surface area contributed by atoms with Crippen LogP contribution in [-0.4, -0.2) is 35.4 Å². The maximum absolute atomic E-state index is 11.8. The van der Waals surface area contributed by atoms with Crippen molar-refractivity contribution in [3.05, 3.63) is 17.5 Å². The lowest BCUT2D eigenvalue weighted by Gasteiger charge is -2.28. The smallest absolute Gasteiger partial charge is 0.308 e. The van der Waals surface area contributed by atoms with Crippen molar-refractivity contribution in [3.63, 3.8) is 0 Å². The van der Waals surface area contributed by atoms with Crippen LogP contribution in [0.2, 0.25) is 0 Å². The van der Waals surface area contributed by atoms with Crippen LogP contribution in [0, 0.1) is 12.8 Å². The zero-order chi connectivity index (χ0) is 15.1. The highest BCUT2D eigenvalue weighted by Crippen LogP contribution is 2.25. The van der Waals surface area contributed by atoms with Gasteiger partial charge in [0.25, 0.3) is 0 Å². The lowest BCUT2D eigenvalue weighted by Crippen LogP contribution is -2.37. The van der Waals surface area contributed by atoms with Gasteiger partial charge in [-0.05, 0) is 58.1 Å². The number of hydrogen-bond acceptors (Lipinski definition) is 4. The minimum atomic E-state index is -0.0157. The number of nitrogens with one attached hydrogen (secondary N) is 2. The summed E-state index contributed by atoms with van der Waals surface area (Å²) in [4.78, 5) is 11.8. The topological polar surface area (TPSA) is 67.0 Å². The Hall–Kier alpha value is -1.36. The van der Waals surface area contributed by atoms with Crippen molar-refractivity contribution in [2.24, 2.45) is 5.92 Å². The molecule has 118 valence electrons. The molecule has 0 amide bonds. The third-order valence-electron chi connectivity index (χ3n) is 4.28. The maximum Gasteiger partial charge on any atom is 0.308 e. The third-order valence-corrected chi connectivity index (χ3v) is 4.28. The summed E-state index contributed by atoms with van der Waals surface area (Å²) in [5.74, 6) is 0.0744. The van der Waals surface area contributed by atoms with E-state index in [2.05, 4.69) is 22.4 Å². The van der Waals surface area contributed by atoms with Crippen molar-refractivity contribution in [1.82, 2.24) is 15.5 Å². The highest BCUT2D eigenvalue weighted by Gasteiger charge is 2.27. The van der Waals surface area contributed by atoms with Gasteiger partial charge < -0.3 is 10.1 Å².